The first-order chi connectivity index (χ1) is 12.5. The van der Waals surface area contributed by atoms with Crippen LogP contribution < -0.4 is 10.9 Å². The van der Waals surface area contributed by atoms with Crippen molar-refractivity contribution in [2.75, 3.05) is 0 Å². The molecule has 9 heteroatoms. The van der Waals surface area contributed by atoms with Gasteiger partial charge in [0.05, 0.1) is 11.4 Å². The number of hydrogen-bond acceptors (Lipinski definition) is 4. The van der Waals surface area contributed by atoms with Crippen molar-refractivity contribution in [3.8, 4) is 5.69 Å². The van der Waals surface area contributed by atoms with Gasteiger partial charge < -0.3 is 0 Å². The van der Waals surface area contributed by atoms with E-state index in [1.165, 1.54) is 0 Å². The summed E-state index contributed by atoms with van der Waals surface area (Å²) in [6.45, 7) is 1.75. The Bertz CT molecular complexity index is 954. The molecule has 132 valence electrons. The molecule has 0 aliphatic heterocycles. The van der Waals surface area contributed by atoms with E-state index in [0.717, 1.165) is 11.3 Å². The number of carbonyl (C=O) groups is 1. The van der Waals surface area contributed by atoms with Crippen molar-refractivity contribution in [3.63, 3.8) is 0 Å². The molecule has 2 aromatic carbocycles. The Hall–Kier alpha value is -2.48. The zero-order valence-corrected chi connectivity index (χ0v) is 15.9. The SMILES string of the molecule is Cc1c(C(=O)NNC(=S)c2ccc(Cl)cc2)nnn1-c1ccc(Cl)cc1. The summed E-state index contributed by atoms with van der Waals surface area (Å²) >= 11 is 17.0. The van der Waals surface area contributed by atoms with Crippen LogP contribution in [0, 0.1) is 6.92 Å². The largest absolute Gasteiger partial charge is 0.292 e. The van der Waals surface area contributed by atoms with E-state index < -0.39 is 5.91 Å². The Morgan fingerprint density at radius 1 is 1.00 bits per heavy atom. The highest BCUT2D eigenvalue weighted by molar-refractivity contribution is 7.80. The van der Waals surface area contributed by atoms with E-state index in [0.29, 0.717) is 20.7 Å². The maximum Gasteiger partial charge on any atom is 0.292 e. The van der Waals surface area contributed by atoms with Gasteiger partial charge in [0.2, 0.25) is 0 Å². The predicted molar refractivity (Wildman–Crippen MR) is 105 cm³/mol. The molecule has 6 nitrogen and oxygen atoms in total. The van der Waals surface area contributed by atoms with Gasteiger partial charge in [0.15, 0.2) is 5.69 Å². The summed E-state index contributed by atoms with van der Waals surface area (Å²) in [6, 6.07) is 14.0. The van der Waals surface area contributed by atoms with E-state index in [1.54, 1.807) is 60.1 Å². The zero-order valence-electron chi connectivity index (χ0n) is 13.5. The van der Waals surface area contributed by atoms with E-state index in [-0.39, 0.29) is 5.69 Å². The first kappa shape index (κ1) is 18.3. The number of amides is 1. The van der Waals surface area contributed by atoms with Crippen LogP contribution in [-0.2, 0) is 0 Å². The van der Waals surface area contributed by atoms with E-state index in [9.17, 15) is 4.79 Å². The van der Waals surface area contributed by atoms with Crippen molar-refractivity contribution in [3.05, 3.63) is 75.5 Å². The van der Waals surface area contributed by atoms with Crippen molar-refractivity contribution in [1.29, 1.82) is 0 Å². The zero-order chi connectivity index (χ0) is 18.7. The van der Waals surface area contributed by atoms with E-state index in [4.69, 9.17) is 35.4 Å². The molecule has 3 rings (SSSR count). The third-order valence-corrected chi connectivity index (χ3v) is 4.42. The van der Waals surface area contributed by atoms with Crippen molar-refractivity contribution >= 4 is 46.3 Å². The van der Waals surface area contributed by atoms with E-state index >= 15 is 0 Å². The normalized spacial score (nSPS) is 10.4. The third kappa shape index (κ3) is 4.01. The lowest BCUT2D eigenvalue weighted by atomic mass is 10.2. The maximum atomic E-state index is 12.4. The van der Waals surface area contributed by atoms with Crippen LogP contribution >= 0.6 is 35.4 Å². The fourth-order valence-corrected chi connectivity index (χ4v) is 2.65. The number of carbonyl (C=O) groups excluding carboxylic acids is 1. The van der Waals surface area contributed by atoms with Gasteiger partial charge in [0, 0.05) is 15.6 Å². The van der Waals surface area contributed by atoms with Crippen molar-refractivity contribution in [2.45, 2.75) is 6.92 Å². The topological polar surface area (TPSA) is 71.8 Å². The molecule has 2 N–H and O–H groups in total. The summed E-state index contributed by atoms with van der Waals surface area (Å²) in [5, 5.41) is 9.18. The molecule has 3 aromatic rings. The highest BCUT2D eigenvalue weighted by atomic mass is 35.5. The number of nitrogens with zero attached hydrogens (tertiary/aromatic N) is 3. The molecular formula is C17H13Cl2N5OS. The summed E-state index contributed by atoms with van der Waals surface area (Å²) in [5.74, 6) is -0.445. The summed E-state index contributed by atoms with van der Waals surface area (Å²) in [5.41, 5.74) is 7.48. The maximum absolute atomic E-state index is 12.4. The fourth-order valence-electron chi connectivity index (χ4n) is 2.21. The molecule has 0 aliphatic carbocycles. The van der Waals surface area contributed by atoms with Crippen LogP contribution in [0.3, 0.4) is 0 Å². The minimum atomic E-state index is -0.445. The van der Waals surface area contributed by atoms with E-state index in [2.05, 4.69) is 21.2 Å². The molecular weight excluding hydrogens is 393 g/mol. The van der Waals surface area contributed by atoms with Gasteiger partial charge in [0.1, 0.15) is 4.99 Å². The molecule has 1 aromatic heterocycles. The number of benzene rings is 2. The molecule has 0 fully saturated rings. The smallest absolute Gasteiger partial charge is 0.287 e. The Balaban J connectivity index is 1.69. The summed E-state index contributed by atoms with van der Waals surface area (Å²) in [6.07, 6.45) is 0. The summed E-state index contributed by atoms with van der Waals surface area (Å²) in [7, 11) is 0. The first-order valence-corrected chi connectivity index (χ1v) is 8.66. The summed E-state index contributed by atoms with van der Waals surface area (Å²) < 4.78 is 1.56. The van der Waals surface area contributed by atoms with Gasteiger partial charge in [-0.15, -0.1) is 5.10 Å². The molecule has 1 heterocycles. The van der Waals surface area contributed by atoms with Gasteiger partial charge in [-0.3, -0.25) is 15.6 Å². The van der Waals surface area contributed by atoms with Crippen LogP contribution in [0.15, 0.2) is 48.5 Å². The van der Waals surface area contributed by atoms with Crippen molar-refractivity contribution < 1.29 is 4.79 Å². The lowest BCUT2D eigenvalue weighted by Gasteiger charge is -2.09. The number of hydrogen-bond donors (Lipinski definition) is 2. The molecule has 0 bridgehead atoms. The van der Waals surface area contributed by atoms with Gasteiger partial charge in [-0.25, -0.2) is 4.68 Å². The van der Waals surface area contributed by atoms with Gasteiger partial charge in [-0.2, -0.15) is 0 Å². The van der Waals surface area contributed by atoms with Crippen molar-refractivity contribution in [2.24, 2.45) is 0 Å². The highest BCUT2D eigenvalue weighted by Crippen LogP contribution is 2.15. The van der Waals surface area contributed by atoms with Crippen LogP contribution in [-0.4, -0.2) is 25.9 Å². The van der Waals surface area contributed by atoms with Crippen LogP contribution in [0.1, 0.15) is 21.7 Å². The Labute approximate surface area is 165 Å². The average molecular weight is 406 g/mol. The molecule has 0 atom stereocenters. The molecule has 0 saturated carbocycles. The standard InChI is InChI=1S/C17H13Cl2N5OS/c1-10-15(20-23-24(10)14-8-6-13(19)7-9-14)16(25)21-22-17(26)11-2-4-12(18)5-3-11/h2-9H,1H3,(H,21,25)(H,22,26). The third-order valence-electron chi connectivity index (χ3n) is 3.58. The molecule has 0 spiro atoms. The first-order valence-electron chi connectivity index (χ1n) is 7.50. The number of thiocarbonyl (C=S) groups is 1. The highest BCUT2D eigenvalue weighted by Gasteiger charge is 2.17. The van der Waals surface area contributed by atoms with Crippen LogP contribution in [0.4, 0.5) is 0 Å². The Kier molecular flexibility index (Phi) is 5.51. The quantitative estimate of drug-likeness (QED) is 0.515. The lowest BCUT2D eigenvalue weighted by Crippen LogP contribution is -2.41. The average Bonchev–Trinajstić information content (AvgIpc) is 3.02. The molecule has 0 radical (unpaired) electrons. The second-order valence-corrected chi connectivity index (χ2v) is 6.61. The second kappa shape index (κ2) is 7.82. The minimum Gasteiger partial charge on any atom is -0.287 e. The van der Waals surface area contributed by atoms with Crippen LogP contribution in [0.2, 0.25) is 10.0 Å². The van der Waals surface area contributed by atoms with Gasteiger partial charge in [0.25, 0.3) is 5.91 Å². The second-order valence-electron chi connectivity index (χ2n) is 5.33. The fraction of sp³-hybridized carbons (Fsp3) is 0.0588. The Morgan fingerprint density at radius 2 is 1.58 bits per heavy atom. The number of aromatic nitrogens is 3. The molecule has 26 heavy (non-hydrogen) atoms. The van der Waals surface area contributed by atoms with Crippen LogP contribution in [0.5, 0.6) is 0 Å². The van der Waals surface area contributed by atoms with E-state index in [1.807, 2.05) is 0 Å². The number of halogens is 2. The number of hydrazine groups is 1. The lowest BCUT2D eigenvalue weighted by molar-refractivity contribution is 0.0938. The van der Waals surface area contributed by atoms with Crippen LogP contribution in [0.25, 0.3) is 5.69 Å². The van der Waals surface area contributed by atoms with Gasteiger partial charge in [-0.1, -0.05) is 52.8 Å². The summed E-state index contributed by atoms with van der Waals surface area (Å²) in [4.78, 5) is 12.7. The Morgan fingerprint density at radius 3 is 2.19 bits per heavy atom. The number of nitrogens with one attached hydrogen (secondary N) is 2. The molecule has 1 amide bonds. The van der Waals surface area contributed by atoms with Gasteiger partial charge >= 0.3 is 0 Å². The predicted octanol–water partition coefficient (Wildman–Crippen LogP) is 3.49. The monoisotopic (exact) mass is 405 g/mol. The minimum absolute atomic E-state index is 0.186. The molecule has 0 aliphatic rings. The van der Waals surface area contributed by atoms with Crippen molar-refractivity contribution in [1.82, 2.24) is 25.8 Å². The molecule has 0 saturated heterocycles. The number of rotatable bonds is 3. The molecule has 0 unspecified atom stereocenters. The van der Waals surface area contributed by atoms with Gasteiger partial charge in [-0.05, 0) is 43.3 Å².